The first-order valence-corrected chi connectivity index (χ1v) is 12.8. The Bertz CT molecular complexity index is 328. The van der Waals surface area contributed by atoms with Crippen LogP contribution < -0.4 is 0 Å². The van der Waals surface area contributed by atoms with E-state index in [2.05, 4.69) is 35.0 Å². The Morgan fingerprint density at radius 2 is 1.22 bits per heavy atom. The predicted molar refractivity (Wildman–Crippen MR) is 123 cm³/mol. The first-order valence-electron chi connectivity index (χ1n) is 11.7. The molecule has 0 aliphatic rings. The van der Waals surface area contributed by atoms with Crippen LogP contribution in [0, 0.1) is 0 Å². The third kappa shape index (κ3) is 23.7. The van der Waals surface area contributed by atoms with Crippen molar-refractivity contribution in [1.29, 1.82) is 0 Å². The molecule has 0 fully saturated rings. The molecule has 0 aliphatic heterocycles. The second-order valence-corrected chi connectivity index (χ2v) is 8.45. The van der Waals surface area contributed by atoms with Crippen LogP contribution in [0.25, 0.3) is 0 Å². The molecule has 0 atom stereocenters. The van der Waals surface area contributed by atoms with E-state index in [0.29, 0.717) is 13.0 Å². The first kappa shape index (κ1) is 26.7. The van der Waals surface area contributed by atoms with Gasteiger partial charge in [-0.25, -0.2) is 0 Å². The van der Waals surface area contributed by atoms with Crippen LogP contribution in [0.1, 0.15) is 122 Å². The molecule has 0 unspecified atom stereocenters. The Balaban J connectivity index is 3.16. The number of halogens is 1. The van der Waals surface area contributed by atoms with Crippen LogP contribution in [0.3, 0.4) is 0 Å². The Labute approximate surface area is 178 Å². The Kier molecular flexibility index (Phi) is 23.5. The molecule has 0 aromatic rings. The molecule has 0 rings (SSSR count). The van der Waals surface area contributed by atoms with Crippen LogP contribution in [-0.2, 0) is 9.53 Å². The number of rotatable bonds is 21. The third-order valence-electron chi connectivity index (χ3n) is 4.93. The van der Waals surface area contributed by atoms with Gasteiger partial charge >= 0.3 is 5.97 Å². The second kappa shape index (κ2) is 23.7. The van der Waals surface area contributed by atoms with Gasteiger partial charge in [0, 0.05) is 11.8 Å². The SMILES string of the molecule is CCCCCCCC/C=C\CCCCCCCCOC(=O)CCCCCBr. The van der Waals surface area contributed by atoms with E-state index in [1.54, 1.807) is 0 Å². The van der Waals surface area contributed by atoms with Gasteiger partial charge in [-0.2, -0.15) is 0 Å². The first-order chi connectivity index (χ1) is 13.3. The van der Waals surface area contributed by atoms with Crippen LogP contribution in [-0.4, -0.2) is 17.9 Å². The molecule has 0 N–H and O–H groups in total. The summed E-state index contributed by atoms with van der Waals surface area (Å²) in [5, 5.41) is 1.03. The van der Waals surface area contributed by atoms with Crippen LogP contribution in [0.4, 0.5) is 0 Å². The van der Waals surface area contributed by atoms with Crippen molar-refractivity contribution >= 4 is 21.9 Å². The van der Waals surface area contributed by atoms with Crippen LogP contribution >= 0.6 is 15.9 Å². The van der Waals surface area contributed by atoms with Gasteiger partial charge in [-0.1, -0.05) is 99.2 Å². The number of carbonyl (C=O) groups is 1. The molecule has 0 aromatic heterocycles. The van der Waals surface area contributed by atoms with Crippen molar-refractivity contribution in [2.75, 3.05) is 11.9 Å². The van der Waals surface area contributed by atoms with Crippen molar-refractivity contribution < 1.29 is 9.53 Å². The normalized spacial score (nSPS) is 11.3. The lowest BCUT2D eigenvalue weighted by molar-refractivity contribution is -0.143. The van der Waals surface area contributed by atoms with E-state index in [-0.39, 0.29) is 5.97 Å². The van der Waals surface area contributed by atoms with E-state index < -0.39 is 0 Å². The van der Waals surface area contributed by atoms with Gasteiger partial charge in [0.1, 0.15) is 0 Å². The lowest BCUT2D eigenvalue weighted by Gasteiger charge is -2.05. The minimum Gasteiger partial charge on any atom is -0.466 e. The van der Waals surface area contributed by atoms with E-state index in [1.807, 2.05) is 0 Å². The molecule has 2 nitrogen and oxygen atoms in total. The molecule has 0 aromatic carbocycles. The van der Waals surface area contributed by atoms with Gasteiger partial charge in [0.2, 0.25) is 0 Å². The molecule has 0 saturated carbocycles. The fourth-order valence-corrected chi connectivity index (χ4v) is 3.54. The molecule has 27 heavy (non-hydrogen) atoms. The standard InChI is InChI=1S/C24H45BrO2/c1-2-3-4-5-6-7-8-9-10-11-12-13-14-15-16-20-23-27-24(26)21-18-17-19-22-25/h9-10H,2-8,11-23H2,1H3/b10-9-. The summed E-state index contributed by atoms with van der Waals surface area (Å²) in [6, 6.07) is 0. The number of hydrogen-bond donors (Lipinski definition) is 0. The largest absolute Gasteiger partial charge is 0.466 e. The lowest BCUT2D eigenvalue weighted by Crippen LogP contribution is -2.05. The molecule has 0 spiro atoms. The molecule has 160 valence electrons. The van der Waals surface area contributed by atoms with E-state index >= 15 is 0 Å². The van der Waals surface area contributed by atoms with Gasteiger partial charge in [-0.05, 0) is 44.9 Å². The van der Waals surface area contributed by atoms with Crippen molar-refractivity contribution in [1.82, 2.24) is 0 Å². The molecule has 0 aliphatic carbocycles. The van der Waals surface area contributed by atoms with Crippen LogP contribution in [0.5, 0.6) is 0 Å². The Hall–Kier alpha value is -0.310. The average molecular weight is 446 g/mol. The maximum Gasteiger partial charge on any atom is 0.305 e. The van der Waals surface area contributed by atoms with Crippen molar-refractivity contribution in [2.45, 2.75) is 122 Å². The molecule has 0 radical (unpaired) electrons. The number of alkyl halides is 1. The summed E-state index contributed by atoms with van der Waals surface area (Å²) in [5.41, 5.74) is 0. The maximum atomic E-state index is 11.5. The smallest absolute Gasteiger partial charge is 0.305 e. The van der Waals surface area contributed by atoms with Gasteiger partial charge in [0.25, 0.3) is 0 Å². The van der Waals surface area contributed by atoms with Crippen LogP contribution in [0.2, 0.25) is 0 Å². The van der Waals surface area contributed by atoms with Crippen molar-refractivity contribution in [3.05, 3.63) is 12.2 Å². The van der Waals surface area contributed by atoms with Crippen molar-refractivity contribution in [2.24, 2.45) is 0 Å². The van der Waals surface area contributed by atoms with E-state index in [9.17, 15) is 4.79 Å². The summed E-state index contributed by atoms with van der Waals surface area (Å²) in [7, 11) is 0. The van der Waals surface area contributed by atoms with E-state index in [4.69, 9.17) is 4.74 Å². The van der Waals surface area contributed by atoms with E-state index in [0.717, 1.165) is 31.0 Å². The van der Waals surface area contributed by atoms with Gasteiger partial charge in [0.15, 0.2) is 0 Å². The average Bonchev–Trinajstić information content (AvgIpc) is 2.67. The molecule has 0 amide bonds. The Morgan fingerprint density at radius 3 is 1.81 bits per heavy atom. The molecule has 0 saturated heterocycles. The van der Waals surface area contributed by atoms with Gasteiger partial charge in [0.05, 0.1) is 6.61 Å². The van der Waals surface area contributed by atoms with E-state index in [1.165, 1.54) is 83.5 Å². The number of hydrogen-bond acceptors (Lipinski definition) is 2. The highest BCUT2D eigenvalue weighted by Crippen LogP contribution is 2.10. The third-order valence-corrected chi connectivity index (χ3v) is 5.49. The highest BCUT2D eigenvalue weighted by molar-refractivity contribution is 9.09. The molecule has 3 heteroatoms. The summed E-state index contributed by atoms with van der Waals surface area (Å²) < 4.78 is 5.28. The second-order valence-electron chi connectivity index (χ2n) is 7.66. The topological polar surface area (TPSA) is 26.3 Å². The Morgan fingerprint density at radius 1 is 0.704 bits per heavy atom. The number of esters is 1. The summed E-state index contributed by atoms with van der Waals surface area (Å²) in [5.74, 6) is -0.0164. The monoisotopic (exact) mass is 444 g/mol. The minimum absolute atomic E-state index is 0.0164. The highest BCUT2D eigenvalue weighted by Gasteiger charge is 2.02. The number of carbonyl (C=O) groups excluding carboxylic acids is 1. The van der Waals surface area contributed by atoms with Gasteiger partial charge < -0.3 is 4.74 Å². The highest BCUT2D eigenvalue weighted by atomic mass is 79.9. The quantitative estimate of drug-likeness (QED) is 0.0766. The summed E-state index contributed by atoms with van der Waals surface area (Å²) in [4.78, 5) is 11.5. The summed E-state index contributed by atoms with van der Waals surface area (Å²) in [6.45, 7) is 2.88. The minimum atomic E-state index is -0.0164. The zero-order chi connectivity index (χ0) is 19.8. The zero-order valence-corrected chi connectivity index (χ0v) is 19.6. The molecule has 0 heterocycles. The fraction of sp³-hybridized carbons (Fsp3) is 0.875. The van der Waals surface area contributed by atoms with Crippen LogP contribution in [0.15, 0.2) is 12.2 Å². The summed E-state index contributed by atoms with van der Waals surface area (Å²) in [6.07, 6.45) is 26.8. The number of ether oxygens (including phenoxy) is 1. The summed E-state index contributed by atoms with van der Waals surface area (Å²) >= 11 is 3.40. The zero-order valence-electron chi connectivity index (χ0n) is 18.0. The molecular weight excluding hydrogens is 400 g/mol. The maximum absolute atomic E-state index is 11.5. The van der Waals surface area contributed by atoms with Gasteiger partial charge in [-0.15, -0.1) is 0 Å². The van der Waals surface area contributed by atoms with Gasteiger partial charge in [-0.3, -0.25) is 4.79 Å². The number of allylic oxidation sites excluding steroid dienone is 2. The fourth-order valence-electron chi connectivity index (χ4n) is 3.15. The van der Waals surface area contributed by atoms with Crippen molar-refractivity contribution in [3.63, 3.8) is 0 Å². The lowest BCUT2D eigenvalue weighted by atomic mass is 10.1. The van der Waals surface area contributed by atoms with Crippen molar-refractivity contribution in [3.8, 4) is 0 Å². The number of unbranched alkanes of at least 4 members (excludes halogenated alkanes) is 14. The molecule has 0 bridgehead atoms. The predicted octanol–water partition coefficient (Wildman–Crippen LogP) is 8.52. The molecular formula is C24H45BrO2.